The van der Waals surface area contributed by atoms with Crippen LogP contribution in [-0.4, -0.2) is 17.1 Å². The zero-order valence-electron chi connectivity index (χ0n) is 13.5. The zero-order chi connectivity index (χ0) is 15.3. The summed E-state index contributed by atoms with van der Waals surface area (Å²) in [6, 6.07) is 2.15. The Balaban J connectivity index is 2.17. The van der Waals surface area contributed by atoms with Crippen molar-refractivity contribution >= 4 is 22.0 Å². The Morgan fingerprint density at radius 3 is 2.62 bits per heavy atom. The molecule has 1 saturated carbocycles. The first-order valence-electron chi connectivity index (χ1n) is 8.00. The summed E-state index contributed by atoms with van der Waals surface area (Å²) in [5, 5.41) is 3.65. The fourth-order valence-corrected chi connectivity index (χ4v) is 3.26. The number of aromatic nitrogens is 1. The van der Waals surface area contributed by atoms with E-state index in [0.717, 1.165) is 16.9 Å². The van der Waals surface area contributed by atoms with Gasteiger partial charge in [0.25, 0.3) is 0 Å². The molecule has 3 heteroatoms. The minimum atomic E-state index is 0.156. The molecule has 116 valence electrons. The molecule has 2 rings (SSSR count). The smallest absolute Gasteiger partial charge is 0.0410 e. The van der Waals surface area contributed by atoms with Gasteiger partial charge in [-0.15, -0.1) is 0 Å². The minimum Gasteiger partial charge on any atom is -0.308 e. The number of nitrogens with zero attached hydrogens (tertiary/aromatic N) is 1. The monoisotopic (exact) mass is 350 g/mol. The van der Waals surface area contributed by atoms with Crippen LogP contribution < -0.4 is 5.32 Å². The summed E-state index contributed by atoms with van der Waals surface area (Å²) in [7, 11) is 0. The molecule has 0 radical (unpaired) electrons. The summed E-state index contributed by atoms with van der Waals surface area (Å²) in [5.74, 6) is 0.729. The largest absolute Gasteiger partial charge is 0.308 e. The van der Waals surface area contributed by atoms with Gasteiger partial charge < -0.3 is 5.32 Å². The van der Waals surface area contributed by atoms with Gasteiger partial charge in [0.05, 0.1) is 0 Å². The van der Waals surface area contributed by atoms with Crippen molar-refractivity contribution in [2.75, 3.05) is 6.54 Å². The molecule has 1 aliphatic carbocycles. The third-order valence-electron chi connectivity index (χ3n) is 4.03. The van der Waals surface area contributed by atoms with E-state index in [9.17, 15) is 0 Å². The van der Waals surface area contributed by atoms with Crippen molar-refractivity contribution < 1.29 is 0 Å². The second-order valence-corrected chi connectivity index (χ2v) is 8.01. The molecular weight excluding hydrogens is 324 g/mol. The van der Waals surface area contributed by atoms with Gasteiger partial charge in [-0.2, -0.15) is 0 Å². The van der Waals surface area contributed by atoms with E-state index in [1.807, 2.05) is 12.4 Å². The maximum atomic E-state index is 4.28. The van der Waals surface area contributed by atoms with Gasteiger partial charge in [0.1, 0.15) is 0 Å². The van der Waals surface area contributed by atoms with Crippen LogP contribution in [0.15, 0.2) is 28.5 Å². The second-order valence-electron chi connectivity index (χ2n) is 7.09. The summed E-state index contributed by atoms with van der Waals surface area (Å²) in [4.78, 5) is 4.28. The summed E-state index contributed by atoms with van der Waals surface area (Å²) in [6.45, 7) is 7.66. The van der Waals surface area contributed by atoms with Crippen molar-refractivity contribution in [3.63, 3.8) is 0 Å². The van der Waals surface area contributed by atoms with Crippen molar-refractivity contribution in [1.82, 2.24) is 10.3 Å². The summed E-state index contributed by atoms with van der Waals surface area (Å²) >= 11 is 3.51. The lowest BCUT2D eigenvalue weighted by Gasteiger charge is -2.28. The summed E-state index contributed by atoms with van der Waals surface area (Å²) < 4.78 is 1.04. The fourth-order valence-electron chi connectivity index (χ4n) is 2.88. The lowest BCUT2D eigenvalue weighted by atomic mass is 9.83. The highest BCUT2D eigenvalue weighted by atomic mass is 79.9. The Hall–Kier alpha value is -0.670. The number of pyridine rings is 1. The van der Waals surface area contributed by atoms with Gasteiger partial charge in [-0.3, -0.25) is 4.98 Å². The lowest BCUT2D eigenvalue weighted by Crippen LogP contribution is -2.38. The first-order valence-corrected chi connectivity index (χ1v) is 8.79. The van der Waals surface area contributed by atoms with Crippen LogP contribution in [0.25, 0.3) is 6.08 Å². The molecule has 0 spiro atoms. The molecule has 0 amide bonds. The molecule has 2 nitrogen and oxygen atoms in total. The van der Waals surface area contributed by atoms with E-state index < -0.39 is 0 Å². The third kappa shape index (κ3) is 5.91. The van der Waals surface area contributed by atoms with E-state index in [2.05, 4.69) is 59.1 Å². The van der Waals surface area contributed by atoms with E-state index in [1.165, 1.54) is 43.2 Å². The van der Waals surface area contributed by atoms with Gasteiger partial charge in [-0.05, 0) is 67.1 Å². The number of hydrogen-bond acceptors (Lipinski definition) is 2. The van der Waals surface area contributed by atoms with Crippen LogP contribution in [0.1, 0.15) is 58.4 Å². The Labute approximate surface area is 137 Å². The fraction of sp³-hybridized carbons (Fsp3) is 0.611. The van der Waals surface area contributed by atoms with Gasteiger partial charge in [0, 0.05) is 29.0 Å². The maximum absolute atomic E-state index is 4.28. The van der Waals surface area contributed by atoms with Gasteiger partial charge in [-0.1, -0.05) is 30.9 Å². The van der Waals surface area contributed by atoms with Gasteiger partial charge in [-0.25, -0.2) is 0 Å². The number of rotatable bonds is 4. The molecule has 0 atom stereocenters. The third-order valence-corrected chi connectivity index (χ3v) is 4.46. The molecule has 0 saturated heterocycles. The molecule has 0 aromatic carbocycles. The van der Waals surface area contributed by atoms with Crippen LogP contribution in [0.3, 0.4) is 0 Å². The molecular formula is C18H27BrN2. The van der Waals surface area contributed by atoms with E-state index in [4.69, 9.17) is 0 Å². The highest BCUT2D eigenvalue weighted by Crippen LogP contribution is 2.31. The summed E-state index contributed by atoms with van der Waals surface area (Å²) in [5.41, 5.74) is 2.88. The highest BCUT2D eigenvalue weighted by molar-refractivity contribution is 9.10. The molecule has 1 aliphatic rings. The second kappa shape index (κ2) is 7.55. The van der Waals surface area contributed by atoms with Crippen LogP contribution in [0.5, 0.6) is 0 Å². The molecule has 1 heterocycles. The Morgan fingerprint density at radius 1 is 1.29 bits per heavy atom. The average molecular weight is 351 g/mol. The maximum Gasteiger partial charge on any atom is 0.0410 e. The molecule has 21 heavy (non-hydrogen) atoms. The van der Waals surface area contributed by atoms with E-state index in [0.29, 0.717) is 0 Å². The van der Waals surface area contributed by atoms with Gasteiger partial charge >= 0.3 is 0 Å². The van der Waals surface area contributed by atoms with Crippen LogP contribution in [0.4, 0.5) is 0 Å². The van der Waals surface area contributed by atoms with E-state index in [-0.39, 0.29) is 5.54 Å². The number of halogens is 1. The molecule has 0 bridgehead atoms. The highest BCUT2D eigenvalue weighted by Gasteiger charge is 2.19. The summed E-state index contributed by atoms with van der Waals surface area (Å²) in [6.07, 6.45) is 12.9. The molecule has 1 fully saturated rings. The minimum absolute atomic E-state index is 0.156. The van der Waals surface area contributed by atoms with Gasteiger partial charge in [0.2, 0.25) is 0 Å². The number of nitrogens with one attached hydrogen (secondary N) is 1. The average Bonchev–Trinajstić information content (AvgIpc) is 2.43. The van der Waals surface area contributed by atoms with Crippen molar-refractivity contribution in [2.24, 2.45) is 5.92 Å². The Bertz CT molecular complexity index is 482. The predicted molar refractivity (Wildman–Crippen MR) is 94.2 cm³/mol. The van der Waals surface area contributed by atoms with Crippen molar-refractivity contribution in [3.05, 3.63) is 34.1 Å². The first-order chi connectivity index (χ1) is 9.94. The predicted octanol–water partition coefficient (Wildman–Crippen LogP) is 5.20. The molecule has 1 aromatic rings. The molecule has 0 unspecified atom stereocenters. The van der Waals surface area contributed by atoms with Crippen LogP contribution >= 0.6 is 15.9 Å². The van der Waals surface area contributed by atoms with Gasteiger partial charge in [0.15, 0.2) is 0 Å². The normalized spacial score (nSPS) is 18.0. The molecule has 0 aliphatic heterocycles. The Kier molecular flexibility index (Phi) is 6.00. The topological polar surface area (TPSA) is 24.9 Å². The van der Waals surface area contributed by atoms with Crippen LogP contribution in [0, 0.1) is 5.92 Å². The standard InChI is InChI=1S/C18H27BrN2/c1-18(2,3)21-12-16(15-7-5-4-6-8-15)9-14-10-17(19)13-20-11-14/h9-11,13,15,21H,4-8,12H2,1-3H3/b16-9-. The van der Waals surface area contributed by atoms with Crippen LogP contribution in [0.2, 0.25) is 0 Å². The van der Waals surface area contributed by atoms with E-state index in [1.54, 1.807) is 0 Å². The SMILES string of the molecule is CC(C)(C)NC/C(=C/c1cncc(Br)c1)C1CCCCC1. The van der Waals surface area contributed by atoms with Crippen molar-refractivity contribution in [3.8, 4) is 0 Å². The van der Waals surface area contributed by atoms with E-state index >= 15 is 0 Å². The molecule has 1 aromatic heterocycles. The Morgan fingerprint density at radius 2 is 2.00 bits per heavy atom. The van der Waals surface area contributed by atoms with Crippen LogP contribution in [-0.2, 0) is 0 Å². The first kappa shape index (κ1) is 16.7. The molecule has 1 N–H and O–H groups in total. The number of hydrogen-bond donors (Lipinski definition) is 1. The zero-order valence-corrected chi connectivity index (χ0v) is 15.0. The van der Waals surface area contributed by atoms with Crippen molar-refractivity contribution in [2.45, 2.75) is 58.4 Å². The lowest BCUT2D eigenvalue weighted by molar-refractivity contribution is 0.378. The van der Waals surface area contributed by atoms with Crippen molar-refractivity contribution in [1.29, 1.82) is 0 Å². The quantitative estimate of drug-likeness (QED) is 0.807.